The number of phosphoric ester groups is 1. The lowest BCUT2D eigenvalue weighted by Gasteiger charge is -2.18. The van der Waals surface area contributed by atoms with E-state index < -0.39 is 32.5 Å². The number of unbranched alkanes of at least 4 members (excludes halogenated alkanes) is 12. The molecule has 51 heavy (non-hydrogen) atoms. The van der Waals surface area contributed by atoms with E-state index in [1.165, 1.54) is 51.4 Å². The molecule has 0 aliphatic carbocycles. The van der Waals surface area contributed by atoms with Crippen LogP contribution in [0.3, 0.4) is 0 Å². The molecule has 1 rings (SSSR count). The Morgan fingerprint density at radius 1 is 0.647 bits per heavy atom. The number of carbonyl (C=O) groups is 2. The molecule has 0 amide bonds. The van der Waals surface area contributed by atoms with Crippen molar-refractivity contribution in [1.82, 2.24) is 0 Å². The lowest BCUT2D eigenvalue weighted by molar-refractivity contribution is -0.161. The van der Waals surface area contributed by atoms with Gasteiger partial charge >= 0.3 is 19.8 Å². The first-order chi connectivity index (χ1) is 24.7. The fourth-order valence-electron chi connectivity index (χ4n) is 5.39. The van der Waals surface area contributed by atoms with Gasteiger partial charge < -0.3 is 24.0 Å². The minimum absolute atomic E-state index is 0.126. The fraction of sp³-hybridized carbons (Fsp3) is 0.707. The molecule has 0 saturated carbocycles. The number of hydrogen-bond acceptors (Lipinski definition) is 7. The zero-order valence-electron chi connectivity index (χ0n) is 31.7. The van der Waals surface area contributed by atoms with Crippen LogP contribution in [0.2, 0.25) is 0 Å². The van der Waals surface area contributed by atoms with E-state index in [0.29, 0.717) is 31.5 Å². The molecule has 2 N–H and O–H groups in total. The van der Waals surface area contributed by atoms with Gasteiger partial charge in [0.25, 0.3) is 0 Å². The van der Waals surface area contributed by atoms with Crippen LogP contribution in [-0.4, -0.2) is 53.3 Å². The number of allylic oxidation sites excluding steroid dienone is 9. The number of ether oxygens (including phenoxy) is 3. The molecule has 1 saturated heterocycles. The van der Waals surface area contributed by atoms with Crippen molar-refractivity contribution in [1.29, 1.82) is 0 Å². The van der Waals surface area contributed by atoms with Gasteiger partial charge in [0, 0.05) is 12.8 Å². The Labute approximate surface area is 309 Å². The molecule has 9 nitrogen and oxygen atoms in total. The highest BCUT2D eigenvalue weighted by atomic mass is 31.2. The molecule has 3 atom stereocenters. The van der Waals surface area contributed by atoms with E-state index in [1.807, 2.05) is 6.08 Å². The largest absolute Gasteiger partial charge is 0.469 e. The standard InChI is InChI=1S/C41H69O9P/c1-3-5-7-8-9-10-11-12-13-14-15-19-22-25-29-33-40(42)47-35-37(36-48-51(44,45)46)49-41(43)34-30-26-23-20-17-16-18-21-24-28-32-39-38(50-39)31-27-6-4-2/h10-13,16,18,20,23-24,28,37-39H,3-9,14-15,17,19,21-22,25-27,29-36H2,1-2H3,(H2,44,45,46)/b11-10-,13-12-,18-16-,23-20-,28-24-/t37-,38?,39?/m1/s1. The van der Waals surface area contributed by atoms with Crippen molar-refractivity contribution in [3.63, 3.8) is 0 Å². The van der Waals surface area contributed by atoms with E-state index in [2.05, 4.69) is 73.1 Å². The average Bonchev–Trinajstić information content (AvgIpc) is 3.85. The molecule has 0 radical (unpaired) electrons. The third kappa shape index (κ3) is 32.1. The summed E-state index contributed by atoms with van der Waals surface area (Å²) >= 11 is 0. The lowest BCUT2D eigenvalue weighted by atomic mass is 10.1. The van der Waals surface area contributed by atoms with Crippen LogP contribution in [-0.2, 0) is 32.9 Å². The average molecular weight is 737 g/mol. The van der Waals surface area contributed by atoms with Gasteiger partial charge in [0.1, 0.15) is 6.61 Å². The minimum atomic E-state index is -4.78. The Morgan fingerprint density at radius 3 is 1.90 bits per heavy atom. The van der Waals surface area contributed by atoms with Crippen LogP contribution >= 0.6 is 7.82 Å². The van der Waals surface area contributed by atoms with Gasteiger partial charge in [-0.05, 0) is 70.6 Å². The summed E-state index contributed by atoms with van der Waals surface area (Å²) in [6, 6.07) is 0. The molecule has 1 aliphatic heterocycles. The summed E-state index contributed by atoms with van der Waals surface area (Å²) in [4.78, 5) is 42.7. The van der Waals surface area contributed by atoms with Gasteiger partial charge in [0.05, 0.1) is 18.8 Å². The van der Waals surface area contributed by atoms with Gasteiger partial charge in [-0.15, -0.1) is 0 Å². The summed E-state index contributed by atoms with van der Waals surface area (Å²) in [5.74, 6) is -0.978. The van der Waals surface area contributed by atoms with Crippen molar-refractivity contribution in [3.05, 3.63) is 60.8 Å². The molecule has 1 heterocycles. The smallest absolute Gasteiger partial charge is 0.462 e. The van der Waals surface area contributed by atoms with E-state index in [1.54, 1.807) is 0 Å². The van der Waals surface area contributed by atoms with Crippen LogP contribution < -0.4 is 0 Å². The van der Waals surface area contributed by atoms with Crippen molar-refractivity contribution >= 4 is 19.8 Å². The maximum atomic E-state index is 12.4. The number of hydrogen-bond donors (Lipinski definition) is 2. The van der Waals surface area contributed by atoms with Crippen LogP contribution in [0, 0.1) is 0 Å². The Bertz CT molecular complexity index is 1080. The highest BCUT2D eigenvalue weighted by Crippen LogP contribution is 2.36. The normalized spacial score (nSPS) is 17.1. The van der Waals surface area contributed by atoms with Gasteiger partial charge in [-0.1, -0.05) is 132 Å². The predicted molar refractivity (Wildman–Crippen MR) is 206 cm³/mol. The first kappa shape index (κ1) is 46.7. The molecule has 0 bridgehead atoms. The fourth-order valence-corrected chi connectivity index (χ4v) is 5.75. The minimum Gasteiger partial charge on any atom is -0.462 e. The highest BCUT2D eigenvalue weighted by molar-refractivity contribution is 7.46. The molecule has 1 aliphatic rings. The maximum absolute atomic E-state index is 12.4. The SMILES string of the molecule is CCCCCC/C=C\C=C/CCCCCCCC(=O)OC[C@H](COP(=O)(O)O)OC(=O)CCC/C=C\C/C=C\C/C=C\CC1OC1CCCCC. The number of carbonyl (C=O) groups excluding carboxylic acids is 2. The van der Waals surface area contributed by atoms with Crippen molar-refractivity contribution in [3.8, 4) is 0 Å². The Balaban J connectivity index is 2.14. The molecule has 1 fully saturated rings. The molecule has 0 spiro atoms. The number of esters is 2. The quantitative estimate of drug-likeness (QED) is 0.0165. The predicted octanol–water partition coefficient (Wildman–Crippen LogP) is 10.7. The summed E-state index contributed by atoms with van der Waals surface area (Å²) in [6.45, 7) is 3.55. The second-order valence-corrected chi connectivity index (χ2v) is 14.6. The first-order valence-electron chi connectivity index (χ1n) is 19.7. The first-order valence-corrected chi connectivity index (χ1v) is 21.3. The van der Waals surface area contributed by atoms with E-state index in [0.717, 1.165) is 57.8 Å². The molecular formula is C41H69O9P. The summed E-state index contributed by atoms with van der Waals surface area (Å²) < 4.78 is 32.0. The zero-order chi connectivity index (χ0) is 37.3. The van der Waals surface area contributed by atoms with Crippen LogP contribution in [0.5, 0.6) is 0 Å². The zero-order valence-corrected chi connectivity index (χ0v) is 32.6. The topological polar surface area (TPSA) is 132 Å². The van der Waals surface area contributed by atoms with Crippen LogP contribution in [0.1, 0.15) is 155 Å². The van der Waals surface area contributed by atoms with Crippen molar-refractivity contribution in [2.24, 2.45) is 0 Å². The van der Waals surface area contributed by atoms with Gasteiger partial charge in [0.15, 0.2) is 6.10 Å². The maximum Gasteiger partial charge on any atom is 0.469 e. The lowest BCUT2D eigenvalue weighted by Crippen LogP contribution is -2.29. The monoisotopic (exact) mass is 736 g/mol. The second kappa shape index (κ2) is 32.4. The van der Waals surface area contributed by atoms with Gasteiger partial charge in [-0.25, -0.2) is 4.57 Å². The van der Waals surface area contributed by atoms with Crippen molar-refractivity contribution < 1.29 is 42.7 Å². The van der Waals surface area contributed by atoms with Crippen LogP contribution in [0.15, 0.2) is 60.8 Å². The summed E-state index contributed by atoms with van der Waals surface area (Å²) in [6.07, 6.45) is 42.6. The molecule has 0 aromatic carbocycles. The number of phosphoric acid groups is 1. The van der Waals surface area contributed by atoms with E-state index in [4.69, 9.17) is 24.0 Å². The summed E-state index contributed by atoms with van der Waals surface area (Å²) in [7, 11) is -4.78. The molecule has 2 unspecified atom stereocenters. The van der Waals surface area contributed by atoms with Crippen molar-refractivity contribution in [2.75, 3.05) is 13.2 Å². The second-order valence-electron chi connectivity index (χ2n) is 13.3. The van der Waals surface area contributed by atoms with Gasteiger partial charge in [0.2, 0.25) is 0 Å². The molecule has 0 aromatic rings. The van der Waals surface area contributed by atoms with E-state index in [9.17, 15) is 14.2 Å². The van der Waals surface area contributed by atoms with E-state index >= 15 is 0 Å². The number of rotatable bonds is 34. The van der Waals surface area contributed by atoms with Crippen LogP contribution in [0.4, 0.5) is 0 Å². The van der Waals surface area contributed by atoms with Crippen molar-refractivity contribution in [2.45, 2.75) is 173 Å². The van der Waals surface area contributed by atoms with Gasteiger partial charge in [-0.3, -0.25) is 14.1 Å². The highest BCUT2D eigenvalue weighted by Gasteiger charge is 2.36. The van der Waals surface area contributed by atoms with Gasteiger partial charge in [-0.2, -0.15) is 0 Å². The Kier molecular flexibility index (Phi) is 29.7. The summed E-state index contributed by atoms with van der Waals surface area (Å²) in [5.41, 5.74) is 0. The molecule has 10 heteroatoms. The van der Waals surface area contributed by atoms with E-state index in [-0.39, 0.29) is 19.4 Å². The third-order valence-electron chi connectivity index (χ3n) is 8.46. The van der Waals surface area contributed by atoms with Crippen LogP contribution in [0.25, 0.3) is 0 Å². The molecular weight excluding hydrogens is 667 g/mol. The Morgan fingerprint density at radius 2 is 1.22 bits per heavy atom. The number of epoxide rings is 1. The summed E-state index contributed by atoms with van der Waals surface area (Å²) in [5, 5.41) is 0. The third-order valence-corrected chi connectivity index (χ3v) is 8.95. The molecule has 292 valence electrons. The molecule has 0 aromatic heterocycles. The Hall–Kier alpha value is -2.29.